The van der Waals surface area contributed by atoms with Crippen molar-refractivity contribution in [2.75, 3.05) is 13.2 Å². The fourth-order valence-electron chi connectivity index (χ4n) is 2.96. The van der Waals surface area contributed by atoms with Gasteiger partial charge in [-0.15, -0.1) is 0 Å². The maximum atomic E-state index is 11.8. The van der Waals surface area contributed by atoms with Gasteiger partial charge in [0.15, 0.2) is 0 Å². The van der Waals surface area contributed by atoms with Crippen molar-refractivity contribution in [3.8, 4) is 0 Å². The second-order valence-corrected chi connectivity index (χ2v) is 6.37. The van der Waals surface area contributed by atoms with E-state index in [1.807, 2.05) is 20.8 Å². The monoisotopic (exact) mass is 282 g/mol. The highest BCUT2D eigenvalue weighted by molar-refractivity contribution is 5.74. The normalized spacial score (nSPS) is 31.9. The Hall–Kier alpha value is -1.07. The second kappa shape index (κ2) is 5.74. The van der Waals surface area contributed by atoms with Crippen molar-refractivity contribution in [1.82, 2.24) is 10.6 Å². The number of nitrogens with one attached hydrogen (secondary N) is 2. The molecule has 20 heavy (non-hydrogen) atoms. The molecular formula is C15H26N2O3. The first-order chi connectivity index (χ1) is 9.39. The van der Waals surface area contributed by atoms with Crippen LogP contribution in [0.4, 0.5) is 4.79 Å². The number of rotatable bonds is 5. The van der Waals surface area contributed by atoms with Crippen molar-refractivity contribution in [2.45, 2.75) is 57.8 Å². The van der Waals surface area contributed by atoms with Crippen molar-refractivity contribution >= 4 is 6.03 Å². The summed E-state index contributed by atoms with van der Waals surface area (Å²) in [6.07, 6.45) is 6.53. The molecule has 2 rings (SSSR count). The summed E-state index contributed by atoms with van der Waals surface area (Å²) in [5.74, 6) is 0. The van der Waals surface area contributed by atoms with Crippen LogP contribution in [0, 0.1) is 5.41 Å². The third kappa shape index (κ3) is 2.83. The van der Waals surface area contributed by atoms with E-state index in [1.54, 1.807) is 0 Å². The maximum absolute atomic E-state index is 11.8. The summed E-state index contributed by atoms with van der Waals surface area (Å²) >= 11 is 0. The van der Waals surface area contributed by atoms with Crippen molar-refractivity contribution in [2.24, 2.45) is 5.41 Å². The van der Waals surface area contributed by atoms with Crippen LogP contribution in [0.3, 0.4) is 0 Å². The molecule has 0 heterocycles. The van der Waals surface area contributed by atoms with Crippen LogP contribution in [0.1, 0.15) is 40.0 Å². The topological polar surface area (TPSA) is 70.6 Å². The van der Waals surface area contributed by atoms with Crippen molar-refractivity contribution in [1.29, 1.82) is 0 Å². The summed E-state index contributed by atoms with van der Waals surface area (Å²) in [4.78, 5) is 11.8. The largest absolute Gasteiger partial charge is 0.387 e. The van der Waals surface area contributed by atoms with E-state index in [1.165, 1.54) is 0 Å². The SMILES string of the molecule is CCOC1CC(O)(CNC(=O)NC2CC=CC2)C1(C)C. The first-order valence-corrected chi connectivity index (χ1v) is 7.42. The van der Waals surface area contributed by atoms with Gasteiger partial charge >= 0.3 is 6.03 Å². The van der Waals surface area contributed by atoms with E-state index in [2.05, 4.69) is 22.8 Å². The molecule has 0 bridgehead atoms. The van der Waals surface area contributed by atoms with E-state index < -0.39 is 5.60 Å². The predicted molar refractivity (Wildman–Crippen MR) is 77.5 cm³/mol. The molecule has 2 unspecified atom stereocenters. The first kappa shape index (κ1) is 15.3. The lowest BCUT2D eigenvalue weighted by atomic mass is 9.56. The van der Waals surface area contributed by atoms with Gasteiger partial charge in [-0.05, 0) is 19.8 Å². The molecule has 0 aromatic rings. The third-order valence-electron chi connectivity index (χ3n) is 4.78. The number of urea groups is 1. The molecule has 2 aliphatic carbocycles. The fourth-order valence-corrected chi connectivity index (χ4v) is 2.96. The van der Waals surface area contributed by atoms with Crippen LogP contribution < -0.4 is 10.6 Å². The minimum Gasteiger partial charge on any atom is -0.387 e. The molecule has 0 saturated heterocycles. The van der Waals surface area contributed by atoms with Gasteiger partial charge in [-0.3, -0.25) is 0 Å². The maximum Gasteiger partial charge on any atom is 0.315 e. The highest BCUT2D eigenvalue weighted by Crippen LogP contribution is 2.50. The van der Waals surface area contributed by atoms with Crippen molar-refractivity contribution in [3.63, 3.8) is 0 Å². The molecule has 5 heteroatoms. The quantitative estimate of drug-likeness (QED) is 0.670. The Morgan fingerprint density at radius 1 is 1.40 bits per heavy atom. The first-order valence-electron chi connectivity index (χ1n) is 7.42. The van der Waals surface area contributed by atoms with E-state index in [0.29, 0.717) is 13.0 Å². The van der Waals surface area contributed by atoms with E-state index in [-0.39, 0.29) is 30.1 Å². The molecule has 0 aliphatic heterocycles. The number of hydrogen-bond acceptors (Lipinski definition) is 3. The number of amides is 2. The van der Waals surface area contributed by atoms with Gasteiger partial charge in [0, 0.05) is 31.0 Å². The molecule has 0 aromatic carbocycles. The molecule has 1 saturated carbocycles. The van der Waals surface area contributed by atoms with Crippen LogP contribution in [-0.4, -0.2) is 42.0 Å². The molecule has 0 spiro atoms. The molecule has 114 valence electrons. The summed E-state index contributed by atoms with van der Waals surface area (Å²) in [5.41, 5.74) is -1.23. The van der Waals surface area contributed by atoms with Crippen LogP contribution >= 0.6 is 0 Å². The molecule has 0 aromatic heterocycles. The molecular weight excluding hydrogens is 256 g/mol. The highest BCUT2D eigenvalue weighted by atomic mass is 16.5. The number of ether oxygens (including phenoxy) is 1. The zero-order valence-electron chi connectivity index (χ0n) is 12.6. The Labute approximate surface area is 120 Å². The second-order valence-electron chi connectivity index (χ2n) is 6.37. The lowest BCUT2D eigenvalue weighted by Crippen LogP contribution is -2.69. The van der Waals surface area contributed by atoms with Crippen LogP contribution in [0.25, 0.3) is 0 Å². The molecule has 1 fully saturated rings. The minimum atomic E-state index is -0.891. The Balaban J connectivity index is 1.77. The van der Waals surface area contributed by atoms with E-state index in [9.17, 15) is 9.90 Å². The lowest BCUT2D eigenvalue weighted by molar-refractivity contribution is -0.237. The van der Waals surface area contributed by atoms with Gasteiger partial charge in [0.05, 0.1) is 11.7 Å². The number of carbonyl (C=O) groups excluding carboxylic acids is 1. The summed E-state index contributed by atoms with van der Waals surface area (Å²) in [7, 11) is 0. The molecule has 2 atom stereocenters. The lowest BCUT2D eigenvalue weighted by Gasteiger charge is -2.57. The summed E-state index contributed by atoms with van der Waals surface area (Å²) in [5, 5.41) is 16.3. The number of carbonyl (C=O) groups is 1. The van der Waals surface area contributed by atoms with Gasteiger partial charge < -0.3 is 20.5 Å². The van der Waals surface area contributed by atoms with Crippen LogP contribution in [0.5, 0.6) is 0 Å². The Morgan fingerprint density at radius 3 is 2.60 bits per heavy atom. The predicted octanol–water partition coefficient (Wildman–Crippen LogP) is 1.57. The van der Waals surface area contributed by atoms with Gasteiger partial charge in [0.25, 0.3) is 0 Å². The van der Waals surface area contributed by atoms with Crippen LogP contribution in [0.2, 0.25) is 0 Å². The summed E-state index contributed by atoms with van der Waals surface area (Å²) in [6, 6.07) is -0.0157. The average Bonchev–Trinajstić information content (AvgIpc) is 2.89. The summed E-state index contributed by atoms with van der Waals surface area (Å²) < 4.78 is 5.61. The minimum absolute atomic E-state index is 0.0568. The number of hydrogen-bond donors (Lipinski definition) is 3. The van der Waals surface area contributed by atoms with Crippen molar-refractivity contribution in [3.05, 3.63) is 12.2 Å². The zero-order chi connectivity index (χ0) is 14.8. The standard InChI is InChI=1S/C15H26N2O3/c1-4-20-12-9-15(19,14(12,2)3)10-16-13(18)17-11-7-5-6-8-11/h5-6,11-12,19H,4,7-10H2,1-3H3,(H2,16,17,18). The van der Waals surface area contributed by atoms with Gasteiger partial charge in [-0.2, -0.15) is 0 Å². The van der Waals surface area contributed by atoms with E-state index >= 15 is 0 Å². The van der Waals surface area contributed by atoms with E-state index in [0.717, 1.165) is 12.8 Å². The van der Waals surface area contributed by atoms with Crippen LogP contribution in [0.15, 0.2) is 12.2 Å². The molecule has 2 amide bonds. The van der Waals surface area contributed by atoms with Gasteiger partial charge in [-0.25, -0.2) is 4.79 Å². The Morgan fingerprint density at radius 2 is 2.05 bits per heavy atom. The van der Waals surface area contributed by atoms with Crippen LogP contribution in [-0.2, 0) is 4.74 Å². The molecule has 3 N–H and O–H groups in total. The Bertz CT molecular complexity index is 387. The van der Waals surface area contributed by atoms with E-state index in [4.69, 9.17) is 4.74 Å². The smallest absolute Gasteiger partial charge is 0.315 e. The zero-order valence-corrected chi connectivity index (χ0v) is 12.6. The van der Waals surface area contributed by atoms with Gasteiger partial charge in [0.2, 0.25) is 0 Å². The molecule has 0 radical (unpaired) electrons. The number of aliphatic hydroxyl groups is 1. The summed E-state index contributed by atoms with van der Waals surface area (Å²) in [6.45, 7) is 6.83. The molecule has 2 aliphatic rings. The van der Waals surface area contributed by atoms with Gasteiger partial charge in [-0.1, -0.05) is 26.0 Å². The third-order valence-corrected chi connectivity index (χ3v) is 4.78. The van der Waals surface area contributed by atoms with Crippen molar-refractivity contribution < 1.29 is 14.6 Å². The highest BCUT2D eigenvalue weighted by Gasteiger charge is 2.59. The average molecular weight is 282 g/mol. The Kier molecular flexibility index (Phi) is 4.39. The fraction of sp³-hybridized carbons (Fsp3) is 0.800. The molecule has 5 nitrogen and oxygen atoms in total. The van der Waals surface area contributed by atoms with Gasteiger partial charge in [0.1, 0.15) is 0 Å².